The fraction of sp³-hybridized carbons (Fsp3) is 0.889. The molecule has 3 aliphatic rings. The van der Waals surface area contributed by atoms with Gasteiger partial charge in [0.05, 0.1) is 11.5 Å². The number of nitrogens with one attached hydrogen (secondary N) is 1. The zero-order valence-electron chi connectivity index (χ0n) is 7.01. The minimum atomic E-state index is -0.0602. The van der Waals surface area contributed by atoms with Crippen LogP contribution in [0.1, 0.15) is 19.3 Å². The van der Waals surface area contributed by atoms with Crippen LogP contribution < -0.4 is 5.32 Å². The lowest BCUT2D eigenvalue weighted by atomic mass is 9.60. The average Bonchev–Trinajstić information content (AvgIpc) is 2.29. The van der Waals surface area contributed by atoms with E-state index in [2.05, 4.69) is 5.32 Å². The molecule has 3 fully saturated rings. The third-order valence-corrected chi connectivity index (χ3v) is 3.72. The molecule has 1 amide bonds. The highest BCUT2D eigenvalue weighted by atomic mass is 16.5. The first-order chi connectivity index (χ1) is 5.83. The Bertz CT molecular complexity index is 241. The summed E-state index contributed by atoms with van der Waals surface area (Å²) in [6.45, 7) is 1.61. The summed E-state index contributed by atoms with van der Waals surface area (Å²) < 4.78 is 5.78. The van der Waals surface area contributed by atoms with Gasteiger partial charge >= 0.3 is 0 Å². The molecule has 12 heavy (non-hydrogen) atoms. The number of rotatable bonds is 0. The molecule has 1 aliphatic carbocycles. The zero-order valence-corrected chi connectivity index (χ0v) is 7.01. The molecule has 2 saturated heterocycles. The van der Waals surface area contributed by atoms with Gasteiger partial charge in [0, 0.05) is 13.2 Å². The topological polar surface area (TPSA) is 38.3 Å². The average molecular weight is 167 g/mol. The molecule has 3 rings (SSSR count). The highest BCUT2D eigenvalue weighted by Crippen LogP contribution is 2.53. The maximum absolute atomic E-state index is 11.3. The molecule has 3 nitrogen and oxygen atoms in total. The second-order valence-corrected chi connectivity index (χ2v) is 4.15. The van der Waals surface area contributed by atoms with Gasteiger partial charge in [-0.05, 0) is 25.2 Å². The standard InChI is InChI=1S/C9H13NO2/c11-8-7-4-6-2-1-3-12-9(6,7)5-10-8/h6-7H,1-5H2,(H,10,11)/t6-,7+,9-/m0/s1. The molecule has 0 aromatic heterocycles. The number of carbonyl (C=O) groups is 1. The van der Waals surface area contributed by atoms with Crippen molar-refractivity contribution in [1.29, 1.82) is 0 Å². The van der Waals surface area contributed by atoms with Gasteiger partial charge < -0.3 is 10.1 Å². The Balaban J connectivity index is 1.91. The molecule has 0 aromatic carbocycles. The van der Waals surface area contributed by atoms with Gasteiger partial charge in [0.15, 0.2) is 0 Å². The summed E-state index contributed by atoms with van der Waals surface area (Å²) in [6, 6.07) is 0. The van der Waals surface area contributed by atoms with Crippen molar-refractivity contribution in [2.24, 2.45) is 11.8 Å². The Kier molecular flexibility index (Phi) is 1.16. The SMILES string of the molecule is O=C1NC[C@]23OCCC[C@H]2C[C@H]13. The molecule has 1 saturated carbocycles. The van der Waals surface area contributed by atoms with Crippen LogP contribution >= 0.6 is 0 Å². The predicted molar refractivity (Wildman–Crippen MR) is 42.5 cm³/mol. The first-order valence-corrected chi connectivity index (χ1v) is 4.74. The first-order valence-electron chi connectivity index (χ1n) is 4.74. The van der Waals surface area contributed by atoms with Crippen LogP contribution in [0.2, 0.25) is 0 Å². The lowest BCUT2D eigenvalue weighted by molar-refractivity contribution is -0.195. The Hall–Kier alpha value is -0.570. The lowest BCUT2D eigenvalue weighted by Gasteiger charge is -2.52. The number of amides is 1. The zero-order chi connectivity index (χ0) is 8.18. The van der Waals surface area contributed by atoms with Gasteiger partial charge in [-0.15, -0.1) is 0 Å². The predicted octanol–water partition coefficient (Wildman–Crippen LogP) is 0.301. The lowest BCUT2D eigenvalue weighted by Crippen LogP contribution is -2.59. The quantitative estimate of drug-likeness (QED) is 0.563. The number of carbonyl (C=O) groups excluding carboxylic acids is 1. The van der Waals surface area contributed by atoms with Crippen LogP contribution in [0.15, 0.2) is 0 Å². The van der Waals surface area contributed by atoms with Crippen molar-refractivity contribution in [3.63, 3.8) is 0 Å². The third-order valence-electron chi connectivity index (χ3n) is 3.72. The van der Waals surface area contributed by atoms with E-state index in [4.69, 9.17) is 4.74 Å². The van der Waals surface area contributed by atoms with Gasteiger partial charge in [-0.2, -0.15) is 0 Å². The fourth-order valence-corrected chi connectivity index (χ4v) is 2.98. The maximum Gasteiger partial charge on any atom is 0.226 e. The smallest absolute Gasteiger partial charge is 0.226 e. The van der Waals surface area contributed by atoms with Gasteiger partial charge in [-0.1, -0.05) is 0 Å². The minimum Gasteiger partial charge on any atom is -0.372 e. The van der Waals surface area contributed by atoms with Crippen molar-refractivity contribution in [3.05, 3.63) is 0 Å². The molecule has 0 radical (unpaired) electrons. The van der Waals surface area contributed by atoms with Crippen molar-refractivity contribution in [2.45, 2.75) is 24.9 Å². The molecule has 2 heterocycles. The molecular weight excluding hydrogens is 154 g/mol. The maximum atomic E-state index is 11.3. The van der Waals surface area contributed by atoms with Gasteiger partial charge in [-0.3, -0.25) is 4.79 Å². The van der Waals surface area contributed by atoms with E-state index < -0.39 is 0 Å². The van der Waals surface area contributed by atoms with E-state index in [1.54, 1.807) is 0 Å². The molecule has 3 heteroatoms. The van der Waals surface area contributed by atoms with Crippen molar-refractivity contribution in [2.75, 3.05) is 13.2 Å². The summed E-state index contributed by atoms with van der Waals surface area (Å²) in [4.78, 5) is 11.3. The minimum absolute atomic E-state index is 0.0602. The van der Waals surface area contributed by atoms with Crippen molar-refractivity contribution < 1.29 is 9.53 Å². The summed E-state index contributed by atoms with van der Waals surface area (Å²) >= 11 is 0. The van der Waals surface area contributed by atoms with E-state index in [9.17, 15) is 4.79 Å². The van der Waals surface area contributed by atoms with E-state index in [0.29, 0.717) is 5.92 Å². The van der Waals surface area contributed by atoms with Crippen LogP contribution in [0.25, 0.3) is 0 Å². The second-order valence-electron chi connectivity index (χ2n) is 4.15. The first kappa shape index (κ1) is 6.89. The van der Waals surface area contributed by atoms with Gasteiger partial charge in [0.25, 0.3) is 0 Å². The third kappa shape index (κ3) is 0.600. The molecule has 1 N–H and O–H groups in total. The number of ether oxygens (including phenoxy) is 1. The molecule has 0 aromatic rings. The Morgan fingerprint density at radius 3 is 3.25 bits per heavy atom. The van der Waals surface area contributed by atoms with E-state index in [0.717, 1.165) is 19.6 Å². The second kappa shape index (κ2) is 2.02. The molecule has 1 spiro atoms. The van der Waals surface area contributed by atoms with Gasteiger partial charge in [-0.25, -0.2) is 0 Å². The Labute approximate surface area is 71.5 Å². The number of hydrogen-bond acceptors (Lipinski definition) is 2. The molecule has 0 unspecified atom stereocenters. The monoisotopic (exact) mass is 167 g/mol. The van der Waals surface area contributed by atoms with Crippen LogP contribution in [-0.2, 0) is 9.53 Å². The van der Waals surface area contributed by atoms with Crippen LogP contribution in [-0.4, -0.2) is 24.7 Å². The van der Waals surface area contributed by atoms with Crippen LogP contribution in [0.4, 0.5) is 0 Å². The summed E-state index contributed by atoms with van der Waals surface area (Å²) in [5.74, 6) is 1.06. The van der Waals surface area contributed by atoms with Crippen LogP contribution in [0.3, 0.4) is 0 Å². The molecule has 0 bridgehead atoms. The Morgan fingerprint density at radius 1 is 1.58 bits per heavy atom. The van der Waals surface area contributed by atoms with Gasteiger partial charge in [0.2, 0.25) is 5.91 Å². The van der Waals surface area contributed by atoms with Crippen molar-refractivity contribution >= 4 is 5.91 Å². The van der Waals surface area contributed by atoms with Crippen LogP contribution in [0.5, 0.6) is 0 Å². The summed E-state index contributed by atoms with van der Waals surface area (Å²) in [7, 11) is 0. The summed E-state index contributed by atoms with van der Waals surface area (Å²) in [6.07, 6.45) is 3.49. The van der Waals surface area contributed by atoms with E-state index in [-0.39, 0.29) is 17.4 Å². The van der Waals surface area contributed by atoms with E-state index >= 15 is 0 Å². The van der Waals surface area contributed by atoms with Crippen molar-refractivity contribution in [3.8, 4) is 0 Å². The normalized spacial score (nSPS) is 50.5. The Morgan fingerprint density at radius 2 is 2.50 bits per heavy atom. The summed E-state index contributed by atoms with van der Waals surface area (Å²) in [5.41, 5.74) is -0.0602. The molecule has 2 aliphatic heterocycles. The highest BCUT2D eigenvalue weighted by molar-refractivity contribution is 5.84. The van der Waals surface area contributed by atoms with Crippen molar-refractivity contribution in [1.82, 2.24) is 5.32 Å². The van der Waals surface area contributed by atoms with E-state index in [1.165, 1.54) is 12.8 Å². The molecule has 3 atom stereocenters. The molecular formula is C9H13NO2. The number of hydrogen-bond donors (Lipinski definition) is 1. The van der Waals surface area contributed by atoms with Gasteiger partial charge in [0.1, 0.15) is 0 Å². The largest absolute Gasteiger partial charge is 0.372 e. The molecule has 66 valence electrons. The highest BCUT2D eigenvalue weighted by Gasteiger charge is 2.63. The van der Waals surface area contributed by atoms with Crippen LogP contribution in [0, 0.1) is 11.8 Å². The fourth-order valence-electron chi connectivity index (χ4n) is 2.98. The van der Waals surface area contributed by atoms with E-state index in [1.807, 2.05) is 0 Å². The summed E-state index contributed by atoms with van der Waals surface area (Å²) in [5, 5.41) is 2.91.